The molecule has 3 rings (SSSR count). The third kappa shape index (κ3) is 1.52. The largest absolute Gasteiger partial charge is 0.508 e. The molecule has 3 heteroatoms. The molecule has 0 aliphatic rings. The number of phenols is 1. The third-order valence-electron chi connectivity index (χ3n) is 3.09. The minimum Gasteiger partial charge on any atom is -0.508 e. The SMILES string of the molecule is Cc1cc2c(sc3cc(O)ccc32)c(C)c1Cl. The Morgan fingerprint density at radius 2 is 1.88 bits per heavy atom. The molecular weight excluding hydrogens is 252 g/mol. The molecule has 0 atom stereocenters. The lowest BCUT2D eigenvalue weighted by molar-refractivity contribution is 0.476. The van der Waals surface area contributed by atoms with Crippen molar-refractivity contribution >= 4 is 43.1 Å². The van der Waals surface area contributed by atoms with Gasteiger partial charge in [0.1, 0.15) is 5.75 Å². The zero-order chi connectivity index (χ0) is 12.2. The van der Waals surface area contributed by atoms with Crippen molar-refractivity contribution in [2.75, 3.05) is 0 Å². The Bertz CT molecular complexity index is 743. The topological polar surface area (TPSA) is 20.2 Å². The maximum absolute atomic E-state index is 9.51. The zero-order valence-electron chi connectivity index (χ0n) is 9.54. The number of hydrogen-bond acceptors (Lipinski definition) is 2. The number of benzene rings is 2. The fourth-order valence-corrected chi connectivity index (χ4v) is 3.63. The molecule has 2 aromatic carbocycles. The van der Waals surface area contributed by atoms with Gasteiger partial charge in [0.25, 0.3) is 0 Å². The van der Waals surface area contributed by atoms with E-state index in [1.807, 2.05) is 26.0 Å². The van der Waals surface area contributed by atoms with Crippen LogP contribution >= 0.6 is 22.9 Å². The number of aromatic hydroxyl groups is 1. The second-order valence-electron chi connectivity index (χ2n) is 4.29. The molecule has 0 spiro atoms. The van der Waals surface area contributed by atoms with Gasteiger partial charge in [-0.2, -0.15) is 0 Å². The van der Waals surface area contributed by atoms with E-state index in [9.17, 15) is 5.11 Å². The quantitative estimate of drug-likeness (QED) is 0.602. The van der Waals surface area contributed by atoms with Crippen LogP contribution in [-0.2, 0) is 0 Å². The van der Waals surface area contributed by atoms with E-state index in [0.717, 1.165) is 20.8 Å². The van der Waals surface area contributed by atoms with Gasteiger partial charge in [0.15, 0.2) is 0 Å². The summed E-state index contributed by atoms with van der Waals surface area (Å²) in [4.78, 5) is 0. The highest BCUT2D eigenvalue weighted by molar-refractivity contribution is 7.26. The minimum absolute atomic E-state index is 0.310. The van der Waals surface area contributed by atoms with Gasteiger partial charge < -0.3 is 5.11 Å². The average molecular weight is 263 g/mol. The van der Waals surface area contributed by atoms with Gasteiger partial charge in [-0.1, -0.05) is 11.6 Å². The summed E-state index contributed by atoms with van der Waals surface area (Å²) in [5.74, 6) is 0.310. The lowest BCUT2D eigenvalue weighted by Gasteiger charge is -2.03. The summed E-state index contributed by atoms with van der Waals surface area (Å²) in [6.45, 7) is 4.07. The van der Waals surface area contributed by atoms with Crippen molar-refractivity contribution in [1.29, 1.82) is 0 Å². The van der Waals surface area contributed by atoms with Crippen molar-refractivity contribution in [3.63, 3.8) is 0 Å². The van der Waals surface area contributed by atoms with E-state index in [-0.39, 0.29) is 0 Å². The van der Waals surface area contributed by atoms with Crippen LogP contribution in [0.3, 0.4) is 0 Å². The lowest BCUT2D eigenvalue weighted by Crippen LogP contribution is -1.81. The molecule has 0 unspecified atom stereocenters. The second kappa shape index (κ2) is 3.62. The van der Waals surface area contributed by atoms with Crippen LogP contribution in [0.2, 0.25) is 5.02 Å². The molecule has 0 radical (unpaired) electrons. The summed E-state index contributed by atoms with van der Waals surface area (Å²) in [7, 11) is 0. The van der Waals surface area contributed by atoms with Gasteiger partial charge in [-0.3, -0.25) is 0 Å². The van der Waals surface area contributed by atoms with Crippen LogP contribution in [0.25, 0.3) is 20.2 Å². The molecule has 0 aliphatic heterocycles. The molecule has 1 nitrogen and oxygen atoms in total. The monoisotopic (exact) mass is 262 g/mol. The maximum Gasteiger partial charge on any atom is 0.117 e. The molecule has 1 N–H and O–H groups in total. The number of hydrogen-bond donors (Lipinski definition) is 1. The highest BCUT2D eigenvalue weighted by atomic mass is 35.5. The third-order valence-corrected chi connectivity index (χ3v) is 4.96. The molecular formula is C14H11ClOS. The maximum atomic E-state index is 9.51. The van der Waals surface area contributed by atoms with Crippen LogP contribution in [-0.4, -0.2) is 5.11 Å². The highest BCUT2D eigenvalue weighted by Gasteiger charge is 2.11. The van der Waals surface area contributed by atoms with Crippen molar-refractivity contribution in [2.45, 2.75) is 13.8 Å². The summed E-state index contributed by atoms with van der Waals surface area (Å²) in [5, 5.41) is 12.8. The Kier molecular flexibility index (Phi) is 2.32. The van der Waals surface area contributed by atoms with Gasteiger partial charge in [0, 0.05) is 25.2 Å². The molecule has 0 fully saturated rings. The number of thiophene rings is 1. The normalized spacial score (nSPS) is 11.5. The summed E-state index contributed by atoms with van der Waals surface area (Å²) in [6.07, 6.45) is 0. The van der Waals surface area contributed by atoms with Crippen molar-refractivity contribution in [2.24, 2.45) is 0 Å². The number of aryl methyl sites for hydroxylation is 2. The van der Waals surface area contributed by atoms with E-state index >= 15 is 0 Å². The van der Waals surface area contributed by atoms with Crippen LogP contribution < -0.4 is 0 Å². The van der Waals surface area contributed by atoms with Gasteiger partial charge in [-0.15, -0.1) is 11.3 Å². The average Bonchev–Trinajstić information content (AvgIpc) is 2.64. The van der Waals surface area contributed by atoms with Crippen molar-refractivity contribution in [1.82, 2.24) is 0 Å². The van der Waals surface area contributed by atoms with E-state index in [1.54, 1.807) is 17.4 Å². The number of phenolic OH excluding ortho intramolecular Hbond substituents is 1. The Hall–Kier alpha value is -1.25. The number of rotatable bonds is 0. The Labute approximate surface area is 108 Å². The van der Waals surface area contributed by atoms with Gasteiger partial charge in [-0.05, 0) is 49.2 Å². The standard InChI is InChI=1S/C14H11ClOS/c1-7-5-11-10-4-3-9(16)6-12(10)17-14(11)8(2)13(7)15/h3-6,16H,1-2H3. The smallest absolute Gasteiger partial charge is 0.117 e. The Morgan fingerprint density at radius 3 is 2.65 bits per heavy atom. The molecule has 0 bridgehead atoms. The van der Waals surface area contributed by atoms with E-state index < -0.39 is 0 Å². The predicted molar refractivity (Wildman–Crippen MR) is 75.5 cm³/mol. The van der Waals surface area contributed by atoms with Crippen LogP contribution in [0.4, 0.5) is 0 Å². The van der Waals surface area contributed by atoms with Gasteiger partial charge in [0.2, 0.25) is 0 Å². The number of halogens is 1. The van der Waals surface area contributed by atoms with Gasteiger partial charge in [-0.25, -0.2) is 0 Å². The van der Waals surface area contributed by atoms with Crippen LogP contribution in [0.15, 0.2) is 24.3 Å². The molecule has 1 heterocycles. The van der Waals surface area contributed by atoms with Crippen molar-refractivity contribution in [3.05, 3.63) is 40.4 Å². The Morgan fingerprint density at radius 1 is 1.12 bits per heavy atom. The predicted octanol–water partition coefficient (Wildman–Crippen LogP) is 5.03. The first kappa shape index (κ1) is 10.9. The van der Waals surface area contributed by atoms with Crippen molar-refractivity contribution in [3.8, 4) is 5.75 Å². The van der Waals surface area contributed by atoms with Crippen molar-refractivity contribution < 1.29 is 5.11 Å². The van der Waals surface area contributed by atoms with E-state index in [1.165, 1.54) is 15.5 Å². The first-order valence-electron chi connectivity index (χ1n) is 5.39. The van der Waals surface area contributed by atoms with Gasteiger partial charge in [0.05, 0.1) is 0 Å². The molecule has 86 valence electrons. The Balaban J connectivity index is 2.56. The van der Waals surface area contributed by atoms with E-state index in [4.69, 9.17) is 11.6 Å². The molecule has 0 saturated carbocycles. The first-order valence-corrected chi connectivity index (χ1v) is 6.58. The molecule has 0 amide bonds. The van der Waals surface area contributed by atoms with Crippen LogP contribution in [0.5, 0.6) is 5.75 Å². The molecule has 0 saturated heterocycles. The van der Waals surface area contributed by atoms with Crippen LogP contribution in [0, 0.1) is 13.8 Å². The van der Waals surface area contributed by atoms with E-state index in [2.05, 4.69) is 6.07 Å². The second-order valence-corrected chi connectivity index (χ2v) is 5.72. The lowest BCUT2D eigenvalue weighted by atomic mass is 10.1. The summed E-state index contributed by atoms with van der Waals surface area (Å²) >= 11 is 7.95. The molecule has 0 aliphatic carbocycles. The molecule has 1 aromatic heterocycles. The van der Waals surface area contributed by atoms with Crippen LogP contribution in [0.1, 0.15) is 11.1 Å². The van der Waals surface area contributed by atoms with E-state index in [0.29, 0.717) is 5.75 Å². The summed E-state index contributed by atoms with van der Waals surface area (Å²) in [6, 6.07) is 7.63. The molecule has 3 aromatic rings. The number of fused-ring (bicyclic) bond motifs is 3. The minimum atomic E-state index is 0.310. The highest BCUT2D eigenvalue weighted by Crippen LogP contribution is 2.40. The molecule has 17 heavy (non-hydrogen) atoms. The summed E-state index contributed by atoms with van der Waals surface area (Å²) < 4.78 is 2.31. The summed E-state index contributed by atoms with van der Waals surface area (Å²) in [5.41, 5.74) is 2.23. The fourth-order valence-electron chi connectivity index (χ4n) is 2.20. The fraction of sp³-hybridized carbons (Fsp3) is 0.143. The zero-order valence-corrected chi connectivity index (χ0v) is 11.1. The van der Waals surface area contributed by atoms with Gasteiger partial charge >= 0.3 is 0 Å². The first-order chi connectivity index (χ1) is 8.08.